The van der Waals surface area contributed by atoms with Crippen molar-refractivity contribution in [3.05, 3.63) is 54.0 Å². The van der Waals surface area contributed by atoms with E-state index in [4.69, 9.17) is 4.74 Å². The topological polar surface area (TPSA) is 66.4 Å². The molecule has 1 N–H and O–H groups in total. The van der Waals surface area contributed by atoms with Crippen LogP contribution in [0, 0.1) is 0 Å². The number of ether oxygens (including phenoxy) is 1. The molecule has 2 aromatic heterocycles. The molecule has 7 heteroatoms. The summed E-state index contributed by atoms with van der Waals surface area (Å²) in [5, 5.41) is 5.67. The minimum atomic E-state index is -0.0829. The number of fused-ring (bicyclic) bond motifs is 2. The lowest BCUT2D eigenvalue weighted by molar-refractivity contribution is -0.136. The monoisotopic (exact) mass is 367 g/mol. The second kappa shape index (κ2) is 7.54. The molecule has 142 valence electrons. The average Bonchev–Trinajstić information content (AvgIpc) is 3.26. The molecule has 0 aliphatic carbocycles. The first-order valence-electron chi connectivity index (χ1n) is 9.20. The zero-order valence-electron chi connectivity index (χ0n) is 15.8. The zero-order chi connectivity index (χ0) is 18.8. The molecule has 1 aromatic carbocycles. The van der Waals surface area contributed by atoms with E-state index in [2.05, 4.69) is 45.3 Å². The van der Waals surface area contributed by atoms with Gasteiger partial charge < -0.3 is 14.6 Å². The van der Waals surface area contributed by atoms with E-state index < -0.39 is 0 Å². The molecule has 0 bridgehead atoms. The van der Waals surface area contributed by atoms with E-state index in [-0.39, 0.29) is 18.6 Å². The van der Waals surface area contributed by atoms with Crippen LogP contribution in [0.4, 0.5) is 0 Å². The van der Waals surface area contributed by atoms with Crippen LogP contribution in [-0.2, 0) is 29.2 Å². The van der Waals surface area contributed by atoms with Gasteiger partial charge >= 0.3 is 0 Å². The summed E-state index contributed by atoms with van der Waals surface area (Å²) in [4.78, 5) is 19.1. The molecule has 3 aromatic rings. The van der Waals surface area contributed by atoms with Crippen molar-refractivity contribution < 1.29 is 9.53 Å². The van der Waals surface area contributed by atoms with Gasteiger partial charge in [0.1, 0.15) is 6.61 Å². The number of hydrogen-bond acceptors (Lipinski definition) is 4. The van der Waals surface area contributed by atoms with E-state index >= 15 is 0 Å². The summed E-state index contributed by atoms with van der Waals surface area (Å²) >= 11 is 0. The maximum Gasteiger partial charge on any atom is 0.248 e. The predicted octanol–water partition coefficient (Wildman–Crippen LogP) is 1.85. The number of rotatable bonds is 5. The number of nitrogens with one attached hydrogen (secondary N) is 1. The number of carbonyl (C=O) groups is 1. The third-order valence-electron chi connectivity index (χ3n) is 5.05. The van der Waals surface area contributed by atoms with Gasteiger partial charge in [0.15, 0.2) is 0 Å². The largest absolute Gasteiger partial charge is 0.365 e. The molecule has 0 saturated carbocycles. The summed E-state index contributed by atoms with van der Waals surface area (Å²) in [7, 11) is 3.49. The number of nitrogens with zero attached hydrogens (tertiary/aromatic N) is 4. The first-order chi connectivity index (χ1) is 13.1. The van der Waals surface area contributed by atoms with Crippen LogP contribution in [-0.4, -0.2) is 63.8 Å². The third-order valence-corrected chi connectivity index (χ3v) is 5.05. The van der Waals surface area contributed by atoms with Gasteiger partial charge in [0.2, 0.25) is 5.91 Å². The summed E-state index contributed by atoms with van der Waals surface area (Å²) in [6, 6.07) is 10.5. The maximum atomic E-state index is 11.9. The molecule has 1 aliphatic heterocycles. The van der Waals surface area contributed by atoms with Crippen molar-refractivity contribution >= 4 is 16.8 Å². The highest BCUT2D eigenvalue weighted by molar-refractivity contribution is 5.82. The van der Waals surface area contributed by atoms with E-state index in [9.17, 15) is 4.79 Å². The van der Waals surface area contributed by atoms with E-state index in [0.29, 0.717) is 6.54 Å². The number of carbonyl (C=O) groups excluding carboxylic acids is 1. The maximum absolute atomic E-state index is 11.9. The molecule has 7 nitrogen and oxygen atoms in total. The molecule has 1 unspecified atom stereocenters. The van der Waals surface area contributed by atoms with Gasteiger partial charge in [0.25, 0.3) is 0 Å². The van der Waals surface area contributed by atoms with E-state index in [1.165, 1.54) is 16.6 Å². The number of aromatic amines is 1. The lowest BCUT2D eigenvalue weighted by Crippen LogP contribution is -2.36. The van der Waals surface area contributed by atoms with Gasteiger partial charge in [-0.2, -0.15) is 5.10 Å². The lowest BCUT2D eigenvalue weighted by Gasteiger charge is -2.24. The molecule has 0 radical (unpaired) electrons. The highest BCUT2D eigenvalue weighted by atomic mass is 16.5. The van der Waals surface area contributed by atoms with Gasteiger partial charge in [0, 0.05) is 57.0 Å². The quantitative estimate of drug-likeness (QED) is 0.747. The Morgan fingerprint density at radius 3 is 3.04 bits per heavy atom. The molecular formula is C20H25N5O2. The number of aromatic nitrogens is 3. The van der Waals surface area contributed by atoms with E-state index in [0.717, 1.165) is 25.2 Å². The predicted molar refractivity (Wildman–Crippen MR) is 103 cm³/mol. The minimum Gasteiger partial charge on any atom is -0.365 e. The first-order valence-corrected chi connectivity index (χ1v) is 9.20. The molecule has 4 rings (SSSR count). The van der Waals surface area contributed by atoms with Gasteiger partial charge in [-0.3, -0.25) is 14.4 Å². The van der Waals surface area contributed by atoms with Crippen molar-refractivity contribution in [3.63, 3.8) is 0 Å². The van der Waals surface area contributed by atoms with Crippen LogP contribution >= 0.6 is 0 Å². The number of H-pyrrole nitrogens is 1. The van der Waals surface area contributed by atoms with Crippen molar-refractivity contribution in [2.75, 3.05) is 27.2 Å². The summed E-state index contributed by atoms with van der Waals surface area (Å²) in [5.74, 6) is -0.0245. The fourth-order valence-electron chi connectivity index (χ4n) is 3.56. The summed E-state index contributed by atoms with van der Waals surface area (Å²) in [5.41, 5.74) is 3.60. The van der Waals surface area contributed by atoms with Crippen LogP contribution in [0.5, 0.6) is 0 Å². The average molecular weight is 367 g/mol. The molecule has 3 heterocycles. The Morgan fingerprint density at radius 1 is 1.30 bits per heavy atom. The van der Waals surface area contributed by atoms with Crippen LogP contribution in [0.15, 0.2) is 42.7 Å². The number of likely N-dealkylation sites (N-methyl/N-ethyl adjacent to an activating group) is 1. The number of benzene rings is 1. The Balaban J connectivity index is 1.53. The molecule has 1 amide bonds. The molecule has 27 heavy (non-hydrogen) atoms. The molecule has 0 saturated heterocycles. The number of amides is 1. The van der Waals surface area contributed by atoms with Gasteiger partial charge in [0.05, 0.1) is 18.3 Å². The Morgan fingerprint density at radius 2 is 2.19 bits per heavy atom. The van der Waals surface area contributed by atoms with Crippen LogP contribution in [0.2, 0.25) is 0 Å². The van der Waals surface area contributed by atoms with Crippen LogP contribution in [0.3, 0.4) is 0 Å². The van der Waals surface area contributed by atoms with Crippen molar-refractivity contribution in [2.45, 2.75) is 25.7 Å². The smallest absolute Gasteiger partial charge is 0.248 e. The van der Waals surface area contributed by atoms with Crippen molar-refractivity contribution in [2.24, 2.45) is 0 Å². The van der Waals surface area contributed by atoms with Crippen LogP contribution in [0.25, 0.3) is 10.9 Å². The Hall–Kier alpha value is -2.64. The highest BCUT2D eigenvalue weighted by Gasteiger charge is 2.24. The third kappa shape index (κ3) is 3.89. The molecule has 1 atom stereocenters. The summed E-state index contributed by atoms with van der Waals surface area (Å²) in [6.45, 7) is 3.14. The van der Waals surface area contributed by atoms with Gasteiger partial charge in [-0.25, -0.2) is 0 Å². The summed E-state index contributed by atoms with van der Waals surface area (Å²) < 4.78 is 7.94. The Labute approximate surface area is 158 Å². The first kappa shape index (κ1) is 17.8. The molecule has 0 spiro atoms. The standard InChI is InChI=1S/C20H25N5O2/c1-23(2)20(26)14-27-17-12-24(11-16-6-9-22-25(16)13-17)10-15-4-3-5-19-18(15)7-8-21-19/h3-9,17,21H,10-14H2,1-2H3. The zero-order valence-corrected chi connectivity index (χ0v) is 15.8. The lowest BCUT2D eigenvalue weighted by atomic mass is 10.1. The van der Waals surface area contributed by atoms with Crippen LogP contribution in [0.1, 0.15) is 11.3 Å². The fraction of sp³-hybridized carbons (Fsp3) is 0.400. The Bertz CT molecular complexity index is 929. The minimum absolute atomic E-state index is 0.0245. The van der Waals surface area contributed by atoms with Gasteiger partial charge in [-0.15, -0.1) is 0 Å². The highest BCUT2D eigenvalue weighted by Crippen LogP contribution is 2.22. The second-order valence-corrected chi connectivity index (χ2v) is 7.25. The van der Waals surface area contributed by atoms with Crippen molar-refractivity contribution in [1.82, 2.24) is 24.6 Å². The molecule has 1 aliphatic rings. The Kier molecular flexibility index (Phi) is 4.96. The SMILES string of the molecule is CN(C)C(=O)COC1CN(Cc2cccc3[nH]ccc23)Cc2ccnn2C1. The molecule has 0 fully saturated rings. The van der Waals surface area contributed by atoms with E-state index in [1.54, 1.807) is 19.0 Å². The molecular weight excluding hydrogens is 342 g/mol. The normalized spacial score (nSPS) is 17.6. The van der Waals surface area contributed by atoms with Crippen LogP contribution < -0.4 is 0 Å². The fourth-order valence-corrected chi connectivity index (χ4v) is 3.56. The summed E-state index contributed by atoms with van der Waals surface area (Å²) in [6.07, 6.45) is 3.72. The van der Waals surface area contributed by atoms with Crippen molar-refractivity contribution in [3.8, 4) is 0 Å². The van der Waals surface area contributed by atoms with E-state index in [1.807, 2.05) is 17.1 Å². The van der Waals surface area contributed by atoms with Gasteiger partial charge in [-0.1, -0.05) is 12.1 Å². The second-order valence-electron chi connectivity index (χ2n) is 7.25. The number of hydrogen-bond donors (Lipinski definition) is 1. The van der Waals surface area contributed by atoms with Crippen molar-refractivity contribution in [1.29, 1.82) is 0 Å². The van der Waals surface area contributed by atoms with Gasteiger partial charge in [-0.05, 0) is 23.8 Å².